The molecular weight excluding hydrogens is 384 g/mol. The third-order valence-corrected chi connectivity index (χ3v) is 5.13. The Hall–Kier alpha value is -3.59. The van der Waals surface area contributed by atoms with E-state index in [1.807, 2.05) is 4.90 Å². The Morgan fingerprint density at radius 1 is 1.03 bits per heavy atom. The first-order valence-electron chi connectivity index (χ1n) is 9.81. The molecule has 1 fully saturated rings. The SMILES string of the molecule is O=C(NCCN1CCN(C(=O)c2ccncc2)CC1)c1nc2ccccc2c(=O)[nH]1. The summed E-state index contributed by atoms with van der Waals surface area (Å²) in [4.78, 5) is 51.6. The standard InChI is InChI=1S/C21H22N6O3/c28-19-16-3-1-2-4-17(16)24-18(25-19)20(29)23-9-10-26-11-13-27(14-12-26)21(30)15-5-7-22-8-6-15/h1-8H,9-14H2,(H,23,29)(H,24,25,28). The molecule has 2 N–H and O–H groups in total. The van der Waals surface area contributed by atoms with Crippen molar-refractivity contribution in [3.63, 3.8) is 0 Å². The molecule has 0 aliphatic carbocycles. The molecule has 9 heteroatoms. The van der Waals surface area contributed by atoms with Gasteiger partial charge in [0.1, 0.15) is 0 Å². The van der Waals surface area contributed by atoms with E-state index >= 15 is 0 Å². The van der Waals surface area contributed by atoms with Crippen LogP contribution in [0, 0.1) is 0 Å². The third kappa shape index (κ3) is 4.36. The highest BCUT2D eigenvalue weighted by molar-refractivity contribution is 5.94. The summed E-state index contributed by atoms with van der Waals surface area (Å²) in [6.45, 7) is 3.81. The molecule has 2 aromatic heterocycles. The second-order valence-electron chi connectivity index (χ2n) is 7.06. The van der Waals surface area contributed by atoms with Gasteiger partial charge >= 0.3 is 0 Å². The number of amides is 2. The summed E-state index contributed by atoms with van der Waals surface area (Å²) in [5, 5.41) is 3.25. The number of H-pyrrole nitrogens is 1. The number of pyridine rings is 1. The van der Waals surface area contributed by atoms with Gasteiger partial charge in [0.25, 0.3) is 17.4 Å². The number of para-hydroxylation sites is 1. The molecule has 0 radical (unpaired) electrons. The molecule has 30 heavy (non-hydrogen) atoms. The first kappa shape index (κ1) is 19.7. The van der Waals surface area contributed by atoms with Gasteiger partial charge < -0.3 is 15.2 Å². The van der Waals surface area contributed by atoms with Crippen LogP contribution in [0.4, 0.5) is 0 Å². The number of aromatic amines is 1. The summed E-state index contributed by atoms with van der Waals surface area (Å²) in [5.41, 5.74) is 0.796. The molecule has 4 rings (SSSR count). The van der Waals surface area contributed by atoms with Gasteiger partial charge in [-0.2, -0.15) is 0 Å². The molecule has 1 aromatic carbocycles. The minimum atomic E-state index is -0.413. The van der Waals surface area contributed by atoms with Gasteiger partial charge in [0, 0.05) is 57.2 Å². The topological polar surface area (TPSA) is 111 Å². The highest BCUT2D eigenvalue weighted by Gasteiger charge is 2.22. The summed E-state index contributed by atoms with van der Waals surface area (Å²) >= 11 is 0. The Bertz CT molecular complexity index is 1110. The maximum atomic E-state index is 12.5. The average Bonchev–Trinajstić information content (AvgIpc) is 2.79. The lowest BCUT2D eigenvalue weighted by Crippen LogP contribution is -2.50. The Balaban J connectivity index is 1.26. The van der Waals surface area contributed by atoms with Crippen molar-refractivity contribution < 1.29 is 9.59 Å². The Morgan fingerprint density at radius 2 is 1.77 bits per heavy atom. The van der Waals surface area contributed by atoms with Crippen LogP contribution in [0.25, 0.3) is 10.9 Å². The quantitative estimate of drug-likeness (QED) is 0.639. The normalized spacial score (nSPS) is 14.6. The summed E-state index contributed by atoms with van der Waals surface area (Å²) < 4.78 is 0. The minimum Gasteiger partial charge on any atom is -0.348 e. The number of carbonyl (C=O) groups is 2. The summed E-state index contributed by atoms with van der Waals surface area (Å²) in [6.07, 6.45) is 3.23. The van der Waals surface area contributed by atoms with E-state index in [2.05, 4.69) is 25.2 Å². The summed E-state index contributed by atoms with van der Waals surface area (Å²) in [6, 6.07) is 10.3. The zero-order chi connectivity index (χ0) is 20.9. The van der Waals surface area contributed by atoms with Crippen molar-refractivity contribution in [1.82, 2.24) is 30.1 Å². The second kappa shape index (κ2) is 8.83. The van der Waals surface area contributed by atoms with Crippen molar-refractivity contribution in [2.24, 2.45) is 0 Å². The Labute approximate surface area is 172 Å². The molecule has 0 atom stereocenters. The van der Waals surface area contributed by atoms with Crippen molar-refractivity contribution >= 4 is 22.7 Å². The minimum absolute atomic E-state index is 0.00599. The number of carbonyl (C=O) groups excluding carboxylic acids is 2. The van der Waals surface area contributed by atoms with Crippen LogP contribution < -0.4 is 10.9 Å². The lowest BCUT2D eigenvalue weighted by atomic mass is 10.2. The largest absolute Gasteiger partial charge is 0.348 e. The molecule has 0 bridgehead atoms. The number of fused-ring (bicyclic) bond motifs is 1. The van der Waals surface area contributed by atoms with Gasteiger partial charge in [-0.1, -0.05) is 12.1 Å². The molecule has 9 nitrogen and oxygen atoms in total. The van der Waals surface area contributed by atoms with Crippen molar-refractivity contribution in [1.29, 1.82) is 0 Å². The van der Waals surface area contributed by atoms with Crippen LogP contribution in [0.3, 0.4) is 0 Å². The number of piperazine rings is 1. The fourth-order valence-electron chi connectivity index (χ4n) is 3.46. The van der Waals surface area contributed by atoms with Gasteiger partial charge in [-0.3, -0.25) is 24.3 Å². The molecule has 1 aliphatic heterocycles. The first-order valence-corrected chi connectivity index (χ1v) is 9.81. The van der Waals surface area contributed by atoms with Gasteiger partial charge in [0.15, 0.2) is 5.82 Å². The zero-order valence-electron chi connectivity index (χ0n) is 16.4. The van der Waals surface area contributed by atoms with Crippen LogP contribution >= 0.6 is 0 Å². The van der Waals surface area contributed by atoms with E-state index in [0.29, 0.717) is 42.6 Å². The van der Waals surface area contributed by atoms with Crippen LogP contribution in [0.2, 0.25) is 0 Å². The number of rotatable bonds is 5. The van der Waals surface area contributed by atoms with E-state index in [0.717, 1.165) is 13.1 Å². The van der Waals surface area contributed by atoms with Crippen LogP contribution in [0.5, 0.6) is 0 Å². The first-order chi connectivity index (χ1) is 14.6. The third-order valence-electron chi connectivity index (χ3n) is 5.13. The van der Waals surface area contributed by atoms with Gasteiger partial charge in [0.2, 0.25) is 0 Å². The zero-order valence-corrected chi connectivity index (χ0v) is 16.4. The van der Waals surface area contributed by atoms with Gasteiger partial charge in [0.05, 0.1) is 10.9 Å². The highest BCUT2D eigenvalue weighted by atomic mass is 16.2. The molecule has 0 spiro atoms. The predicted octanol–water partition coefficient (Wildman–Crippen LogP) is 0.506. The summed E-state index contributed by atoms with van der Waals surface area (Å²) in [7, 11) is 0. The average molecular weight is 406 g/mol. The van der Waals surface area contributed by atoms with E-state index in [1.165, 1.54) is 0 Å². The van der Waals surface area contributed by atoms with Crippen molar-refractivity contribution in [3.05, 3.63) is 70.5 Å². The van der Waals surface area contributed by atoms with Crippen molar-refractivity contribution in [2.45, 2.75) is 0 Å². The Kier molecular flexibility index (Phi) is 5.80. The van der Waals surface area contributed by atoms with Gasteiger partial charge in [-0.05, 0) is 24.3 Å². The second-order valence-corrected chi connectivity index (χ2v) is 7.06. The van der Waals surface area contributed by atoms with Crippen LogP contribution in [0.15, 0.2) is 53.6 Å². The molecule has 3 heterocycles. The lowest BCUT2D eigenvalue weighted by Gasteiger charge is -2.34. The van der Waals surface area contributed by atoms with E-state index in [1.54, 1.807) is 48.8 Å². The molecule has 0 unspecified atom stereocenters. The number of hydrogen-bond acceptors (Lipinski definition) is 6. The van der Waals surface area contributed by atoms with Crippen LogP contribution in [-0.2, 0) is 0 Å². The number of benzene rings is 1. The summed E-state index contributed by atoms with van der Waals surface area (Å²) in [5.74, 6) is -0.396. The van der Waals surface area contributed by atoms with E-state index in [4.69, 9.17) is 0 Å². The maximum Gasteiger partial charge on any atom is 0.287 e. The highest BCUT2D eigenvalue weighted by Crippen LogP contribution is 2.08. The molecule has 0 saturated carbocycles. The molecule has 1 aliphatic rings. The van der Waals surface area contributed by atoms with Crippen molar-refractivity contribution in [3.8, 4) is 0 Å². The fraction of sp³-hybridized carbons (Fsp3) is 0.286. The van der Waals surface area contributed by atoms with Crippen molar-refractivity contribution in [2.75, 3.05) is 39.3 Å². The molecular formula is C21H22N6O3. The lowest BCUT2D eigenvalue weighted by molar-refractivity contribution is 0.0637. The number of nitrogens with one attached hydrogen (secondary N) is 2. The van der Waals surface area contributed by atoms with Gasteiger partial charge in [-0.25, -0.2) is 4.98 Å². The predicted molar refractivity (Wildman–Crippen MR) is 111 cm³/mol. The Morgan fingerprint density at radius 3 is 2.53 bits per heavy atom. The molecule has 154 valence electrons. The van der Waals surface area contributed by atoms with Crippen LogP contribution in [-0.4, -0.2) is 75.8 Å². The van der Waals surface area contributed by atoms with E-state index < -0.39 is 5.91 Å². The van der Waals surface area contributed by atoms with E-state index in [-0.39, 0.29) is 17.3 Å². The smallest absolute Gasteiger partial charge is 0.287 e. The molecule has 2 amide bonds. The van der Waals surface area contributed by atoms with E-state index in [9.17, 15) is 14.4 Å². The number of hydrogen-bond donors (Lipinski definition) is 2. The monoisotopic (exact) mass is 406 g/mol. The number of nitrogens with zero attached hydrogens (tertiary/aromatic N) is 4. The van der Waals surface area contributed by atoms with Crippen LogP contribution in [0.1, 0.15) is 21.0 Å². The fourth-order valence-corrected chi connectivity index (χ4v) is 3.46. The molecule has 1 saturated heterocycles. The number of aromatic nitrogens is 3. The molecule has 3 aromatic rings. The maximum absolute atomic E-state index is 12.5. The van der Waals surface area contributed by atoms with Gasteiger partial charge in [-0.15, -0.1) is 0 Å².